The lowest BCUT2D eigenvalue weighted by molar-refractivity contribution is -0.118. The zero-order chi connectivity index (χ0) is 17.5. The summed E-state index contributed by atoms with van der Waals surface area (Å²) in [7, 11) is 1.61. The molecule has 25 heavy (non-hydrogen) atoms. The molecular formula is C18H17N3O4. The molecule has 0 atom stereocenters. The van der Waals surface area contributed by atoms with E-state index in [4.69, 9.17) is 13.9 Å². The van der Waals surface area contributed by atoms with Crippen LogP contribution in [0.2, 0.25) is 0 Å². The zero-order valence-corrected chi connectivity index (χ0v) is 13.6. The number of carbonyl (C=O) groups excluding carboxylic acids is 1. The van der Waals surface area contributed by atoms with Crippen LogP contribution in [0.15, 0.2) is 59.0 Å². The van der Waals surface area contributed by atoms with Gasteiger partial charge in [0.1, 0.15) is 11.5 Å². The Labute approximate surface area is 144 Å². The topological polar surface area (TPSA) is 86.5 Å². The summed E-state index contributed by atoms with van der Waals surface area (Å²) in [6, 6.07) is 16.7. The van der Waals surface area contributed by atoms with E-state index in [1.807, 2.05) is 42.5 Å². The molecule has 0 radical (unpaired) electrons. The van der Waals surface area contributed by atoms with Crippen molar-refractivity contribution in [1.82, 2.24) is 10.2 Å². The number of carbonyl (C=O) groups is 1. The van der Waals surface area contributed by atoms with Crippen LogP contribution in [0.4, 0.5) is 6.01 Å². The number of ether oxygens (including phenoxy) is 2. The fourth-order valence-corrected chi connectivity index (χ4v) is 2.11. The van der Waals surface area contributed by atoms with Gasteiger partial charge in [0.05, 0.1) is 13.5 Å². The third kappa shape index (κ3) is 4.81. The van der Waals surface area contributed by atoms with Crippen molar-refractivity contribution in [3.63, 3.8) is 0 Å². The molecule has 7 heteroatoms. The average molecular weight is 339 g/mol. The van der Waals surface area contributed by atoms with Crippen molar-refractivity contribution in [1.29, 1.82) is 0 Å². The van der Waals surface area contributed by atoms with Crippen LogP contribution in [0, 0.1) is 0 Å². The Hall–Kier alpha value is -3.35. The van der Waals surface area contributed by atoms with Gasteiger partial charge in [-0.3, -0.25) is 10.1 Å². The van der Waals surface area contributed by atoms with E-state index in [1.54, 1.807) is 19.2 Å². The van der Waals surface area contributed by atoms with Crippen molar-refractivity contribution in [2.75, 3.05) is 19.0 Å². The Morgan fingerprint density at radius 1 is 1.04 bits per heavy atom. The minimum absolute atomic E-state index is 0.0465. The van der Waals surface area contributed by atoms with E-state index in [9.17, 15) is 4.79 Å². The van der Waals surface area contributed by atoms with Gasteiger partial charge in [-0.15, -0.1) is 5.10 Å². The maximum Gasteiger partial charge on any atom is 0.322 e. The number of aromatic nitrogens is 2. The van der Waals surface area contributed by atoms with E-state index in [0.717, 1.165) is 11.3 Å². The molecule has 0 fully saturated rings. The Bertz CT molecular complexity index is 816. The van der Waals surface area contributed by atoms with Crippen LogP contribution in [0.1, 0.15) is 11.5 Å². The predicted octanol–water partition coefficient (Wildman–Crippen LogP) is 2.69. The minimum Gasteiger partial charge on any atom is -0.497 e. The molecule has 7 nitrogen and oxygen atoms in total. The normalized spacial score (nSPS) is 10.3. The first kappa shape index (κ1) is 16.5. The highest BCUT2D eigenvalue weighted by atomic mass is 16.5. The largest absolute Gasteiger partial charge is 0.497 e. The zero-order valence-electron chi connectivity index (χ0n) is 13.6. The lowest BCUT2D eigenvalue weighted by Gasteiger charge is -2.04. The monoisotopic (exact) mass is 339 g/mol. The van der Waals surface area contributed by atoms with Gasteiger partial charge in [0.2, 0.25) is 5.89 Å². The van der Waals surface area contributed by atoms with Crippen LogP contribution >= 0.6 is 0 Å². The summed E-state index contributed by atoms with van der Waals surface area (Å²) in [5.41, 5.74) is 0.995. The van der Waals surface area contributed by atoms with Gasteiger partial charge in [0.25, 0.3) is 5.91 Å². The van der Waals surface area contributed by atoms with Crippen LogP contribution in [-0.2, 0) is 11.2 Å². The standard InChI is InChI=1S/C18H17N3O4/c1-23-14-9-7-13(8-10-14)11-17-20-21-18(25-17)19-16(22)12-24-15-5-3-2-4-6-15/h2-10H,11-12H2,1H3,(H,19,21,22). The molecule has 2 aromatic carbocycles. The second-order valence-corrected chi connectivity index (χ2v) is 5.18. The van der Waals surface area contributed by atoms with Crippen LogP contribution in [0.3, 0.4) is 0 Å². The first-order valence-corrected chi connectivity index (χ1v) is 7.66. The van der Waals surface area contributed by atoms with Gasteiger partial charge < -0.3 is 13.9 Å². The van der Waals surface area contributed by atoms with Crippen molar-refractivity contribution in [2.45, 2.75) is 6.42 Å². The second kappa shape index (κ2) is 7.96. The molecule has 1 amide bonds. The SMILES string of the molecule is COc1ccc(Cc2nnc(NC(=O)COc3ccccc3)o2)cc1. The number of benzene rings is 2. The summed E-state index contributed by atoms with van der Waals surface area (Å²) in [4.78, 5) is 11.8. The second-order valence-electron chi connectivity index (χ2n) is 5.18. The number of nitrogens with zero attached hydrogens (tertiary/aromatic N) is 2. The summed E-state index contributed by atoms with van der Waals surface area (Å²) in [6.45, 7) is -0.139. The Morgan fingerprint density at radius 3 is 2.52 bits per heavy atom. The molecule has 128 valence electrons. The van der Waals surface area contributed by atoms with E-state index < -0.39 is 0 Å². The number of rotatable bonds is 7. The molecular weight excluding hydrogens is 322 g/mol. The number of hydrogen-bond donors (Lipinski definition) is 1. The molecule has 0 saturated carbocycles. The minimum atomic E-state index is -0.372. The number of methoxy groups -OCH3 is 1. The Kier molecular flexibility index (Phi) is 5.26. The quantitative estimate of drug-likeness (QED) is 0.712. The van der Waals surface area contributed by atoms with Gasteiger partial charge in [-0.25, -0.2) is 0 Å². The van der Waals surface area contributed by atoms with Crippen molar-refractivity contribution >= 4 is 11.9 Å². The van der Waals surface area contributed by atoms with Crippen molar-refractivity contribution < 1.29 is 18.7 Å². The number of nitrogens with one attached hydrogen (secondary N) is 1. The van der Waals surface area contributed by atoms with Gasteiger partial charge in [-0.1, -0.05) is 35.4 Å². The molecule has 3 rings (SSSR count). The highest BCUT2D eigenvalue weighted by Crippen LogP contribution is 2.15. The van der Waals surface area contributed by atoms with Crippen LogP contribution in [0.25, 0.3) is 0 Å². The molecule has 1 N–H and O–H groups in total. The van der Waals surface area contributed by atoms with E-state index in [0.29, 0.717) is 18.1 Å². The average Bonchev–Trinajstić information content (AvgIpc) is 3.08. The molecule has 0 unspecified atom stereocenters. The van der Waals surface area contributed by atoms with E-state index in [-0.39, 0.29) is 18.5 Å². The number of para-hydroxylation sites is 1. The molecule has 1 aromatic heterocycles. The first-order chi connectivity index (χ1) is 12.2. The van der Waals surface area contributed by atoms with Gasteiger partial charge >= 0.3 is 6.01 Å². The van der Waals surface area contributed by atoms with E-state index in [2.05, 4.69) is 15.5 Å². The van der Waals surface area contributed by atoms with Crippen molar-refractivity contribution in [2.24, 2.45) is 0 Å². The maximum absolute atomic E-state index is 11.8. The molecule has 0 bridgehead atoms. The molecule has 0 saturated heterocycles. The van der Waals surface area contributed by atoms with Crippen molar-refractivity contribution in [3.8, 4) is 11.5 Å². The Morgan fingerprint density at radius 2 is 1.80 bits per heavy atom. The van der Waals surface area contributed by atoms with Gasteiger partial charge in [0, 0.05) is 0 Å². The predicted molar refractivity (Wildman–Crippen MR) is 90.7 cm³/mol. The maximum atomic E-state index is 11.8. The Balaban J connectivity index is 1.51. The lowest BCUT2D eigenvalue weighted by Crippen LogP contribution is -2.20. The molecule has 0 aliphatic heterocycles. The number of hydrogen-bond acceptors (Lipinski definition) is 6. The molecule has 0 spiro atoms. The van der Waals surface area contributed by atoms with Gasteiger partial charge in [0.15, 0.2) is 6.61 Å². The fourth-order valence-electron chi connectivity index (χ4n) is 2.11. The van der Waals surface area contributed by atoms with Crippen molar-refractivity contribution in [3.05, 3.63) is 66.1 Å². The fraction of sp³-hybridized carbons (Fsp3) is 0.167. The van der Waals surface area contributed by atoms with Gasteiger partial charge in [-0.2, -0.15) is 0 Å². The highest BCUT2D eigenvalue weighted by molar-refractivity contribution is 5.89. The summed E-state index contributed by atoms with van der Waals surface area (Å²) in [5.74, 6) is 1.43. The molecule has 0 aliphatic rings. The number of anilines is 1. The third-order valence-electron chi connectivity index (χ3n) is 3.34. The highest BCUT2D eigenvalue weighted by Gasteiger charge is 2.11. The smallest absolute Gasteiger partial charge is 0.322 e. The summed E-state index contributed by atoms with van der Waals surface area (Å²) in [5, 5.41) is 10.2. The summed E-state index contributed by atoms with van der Waals surface area (Å²) in [6.07, 6.45) is 0.466. The lowest BCUT2D eigenvalue weighted by atomic mass is 10.1. The third-order valence-corrected chi connectivity index (χ3v) is 3.34. The summed E-state index contributed by atoms with van der Waals surface area (Å²) < 4.78 is 15.9. The molecule has 3 aromatic rings. The van der Waals surface area contributed by atoms with E-state index >= 15 is 0 Å². The number of amides is 1. The summed E-state index contributed by atoms with van der Waals surface area (Å²) >= 11 is 0. The van der Waals surface area contributed by atoms with Crippen LogP contribution < -0.4 is 14.8 Å². The first-order valence-electron chi connectivity index (χ1n) is 7.66. The van der Waals surface area contributed by atoms with Crippen LogP contribution in [0.5, 0.6) is 11.5 Å². The van der Waals surface area contributed by atoms with Gasteiger partial charge in [-0.05, 0) is 29.8 Å². The van der Waals surface area contributed by atoms with E-state index in [1.165, 1.54) is 0 Å². The van der Waals surface area contributed by atoms with Crippen LogP contribution in [-0.4, -0.2) is 29.8 Å². The molecule has 0 aliphatic carbocycles. The molecule has 1 heterocycles.